The van der Waals surface area contributed by atoms with Gasteiger partial charge in [0.25, 0.3) is 0 Å². The van der Waals surface area contributed by atoms with Crippen LogP contribution in [0.1, 0.15) is 17.5 Å². The lowest BCUT2D eigenvalue weighted by molar-refractivity contribution is -0.137. The number of halogens is 4. The summed E-state index contributed by atoms with van der Waals surface area (Å²) in [5, 5.41) is 0. The summed E-state index contributed by atoms with van der Waals surface area (Å²) in [6.45, 7) is 4.14. The Kier molecular flexibility index (Phi) is 7.20. The summed E-state index contributed by atoms with van der Waals surface area (Å²) in [4.78, 5) is 4.54. The van der Waals surface area contributed by atoms with Crippen molar-refractivity contribution >= 4 is 28.1 Å². The van der Waals surface area contributed by atoms with Crippen LogP contribution >= 0.6 is 12.4 Å². The van der Waals surface area contributed by atoms with E-state index in [0.717, 1.165) is 24.6 Å². The summed E-state index contributed by atoms with van der Waals surface area (Å²) < 4.78 is 65.9. The molecule has 1 saturated heterocycles. The van der Waals surface area contributed by atoms with Gasteiger partial charge in [0.05, 0.1) is 10.5 Å². The quantitative estimate of drug-likeness (QED) is 0.674. The Morgan fingerprint density at radius 3 is 2.42 bits per heavy atom. The minimum absolute atomic E-state index is 0. The van der Waals surface area contributed by atoms with Gasteiger partial charge in [-0.2, -0.15) is 17.5 Å². The molecule has 0 saturated carbocycles. The van der Waals surface area contributed by atoms with E-state index < -0.39 is 21.8 Å². The third-order valence-electron chi connectivity index (χ3n) is 5.73. The number of alkyl halides is 3. The molecule has 0 spiro atoms. The van der Waals surface area contributed by atoms with Gasteiger partial charge in [0.2, 0.25) is 10.0 Å². The Morgan fingerprint density at radius 2 is 1.68 bits per heavy atom. The number of rotatable bonds is 4. The van der Waals surface area contributed by atoms with Gasteiger partial charge < -0.3 is 9.80 Å². The van der Waals surface area contributed by atoms with Crippen LogP contribution in [0.15, 0.2) is 53.4 Å². The van der Waals surface area contributed by atoms with Crippen molar-refractivity contribution in [1.29, 1.82) is 0 Å². The normalized spacial score (nSPS) is 19.5. The van der Waals surface area contributed by atoms with Gasteiger partial charge in [0.15, 0.2) is 0 Å². The molecule has 10 heteroatoms. The van der Waals surface area contributed by atoms with E-state index >= 15 is 0 Å². The number of hydrogen-bond acceptors (Lipinski definition) is 4. The third-order valence-corrected chi connectivity index (χ3v) is 7.68. The Bertz CT molecular complexity index is 1020. The molecule has 5 nitrogen and oxygen atoms in total. The van der Waals surface area contributed by atoms with Gasteiger partial charge in [-0.05, 0) is 42.8 Å². The molecule has 4 rings (SSSR count). The summed E-state index contributed by atoms with van der Waals surface area (Å²) in [6.07, 6.45) is -3.55. The standard InChI is InChI=1S/C21H24F3N3O2S.ClH/c22-21(23,24)18-6-3-7-19(15-18)26-10-4-9-25(11-13-26)12-14-27-16-17-5-1-2-8-20(17)30(27,28)29;/h1-3,5-8,15H,4,9-14,16H2;1H. The summed E-state index contributed by atoms with van der Waals surface area (Å²) in [5.41, 5.74) is 0.758. The van der Waals surface area contributed by atoms with Crippen LogP contribution in [-0.4, -0.2) is 56.9 Å². The number of hydrogen-bond donors (Lipinski definition) is 0. The first-order chi connectivity index (χ1) is 14.2. The first-order valence-corrected chi connectivity index (χ1v) is 11.4. The number of nitrogens with zero attached hydrogens (tertiary/aromatic N) is 3. The van der Waals surface area contributed by atoms with Crippen molar-refractivity contribution in [2.75, 3.05) is 44.2 Å². The highest BCUT2D eigenvalue weighted by Crippen LogP contribution is 2.32. The molecule has 0 N–H and O–H groups in total. The second-order valence-corrected chi connectivity index (χ2v) is 9.58. The van der Waals surface area contributed by atoms with Crippen LogP contribution in [0, 0.1) is 0 Å². The van der Waals surface area contributed by atoms with Crippen molar-refractivity contribution in [3.05, 3.63) is 59.7 Å². The van der Waals surface area contributed by atoms with E-state index in [4.69, 9.17) is 0 Å². The first kappa shape index (κ1) is 23.8. The van der Waals surface area contributed by atoms with Crippen LogP contribution in [-0.2, 0) is 22.7 Å². The summed E-state index contributed by atoms with van der Waals surface area (Å²) in [6, 6.07) is 12.5. The second kappa shape index (κ2) is 9.36. The Hall–Kier alpha value is -1.81. The maximum Gasteiger partial charge on any atom is 0.416 e. The molecule has 0 radical (unpaired) electrons. The molecular formula is C21H25ClF3N3O2S. The summed E-state index contributed by atoms with van der Waals surface area (Å²) >= 11 is 0. The van der Waals surface area contributed by atoms with Crippen LogP contribution in [0.5, 0.6) is 0 Å². The molecule has 2 heterocycles. The number of benzene rings is 2. The molecule has 170 valence electrons. The topological polar surface area (TPSA) is 43.9 Å². The smallest absolute Gasteiger partial charge is 0.370 e. The fourth-order valence-corrected chi connectivity index (χ4v) is 5.71. The second-order valence-electron chi connectivity index (χ2n) is 7.68. The van der Waals surface area contributed by atoms with Crippen molar-refractivity contribution in [3.8, 4) is 0 Å². The first-order valence-electron chi connectivity index (χ1n) is 9.98. The average Bonchev–Trinajstić information content (AvgIpc) is 2.86. The van der Waals surface area contributed by atoms with Crippen molar-refractivity contribution in [1.82, 2.24) is 9.21 Å². The molecule has 0 aliphatic carbocycles. The van der Waals surface area contributed by atoms with E-state index in [0.29, 0.717) is 49.9 Å². The molecule has 0 bridgehead atoms. The van der Waals surface area contributed by atoms with Crippen LogP contribution in [0.2, 0.25) is 0 Å². The molecule has 2 aromatic rings. The number of anilines is 1. The number of fused-ring (bicyclic) bond motifs is 1. The van der Waals surface area contributed by atoms with Crippen LogP contribution < -0.4 is 4.90 Å². The molecule has 31 heavy (non-hydrogen) atoms. The van der Waals surface area contributed by atoms with E-state index in [1.165, 1.54) is 16.4 Å². The zero-order valence-corrected chi connectivity index (χ0v) is 18.5. The van der Waals surface area contributed by atoms with Crippen LogP contribution in [0.25, 0.3) is 0 Å². The van der Waals surface area contributed by atoms with Gasteiger partial charge in [-0.1, -0.05) is 24.3 Å². The summed E-state index contributed by atoms with van der Waals surface area (Å²) in [5.74, 6) is 0. The average molecular weight is 476 g/mol. The van der Waals surface area contributed by atoms with Gasteiger partial charge in [-0.25, -0.2) is 8.42 Å². The predicted molar refractivity (Wildman–Crippen MR) is 116 cm³/mol. The van der Waals surface area contributed by atoms with Gasteiger partial charge in [0.1, 0.15) is 0 Å². The van der Waals surface area contributed by atoms with E-state index in [1.54, 1.807) is 18.2 Å². The van der Waals surface area contributed by atoms with E-state index in [9.17, 15) is 21.6 Å². The highest BCUT2D eigenvalue weighted by atomic mass is 35.5. The van der Waals surface area contributed by atoms with Crippen molar-refractivity contribution < 1.29 is 21.6 Å². The Balaban J connectivity index is 0.00000272. The van der Waals surface area contributed by atoms with Crippen LogP contribution in [0.4, 0.5) is 18.9 Å². The fraction of sp³-hybridized carbons (Fsp3) is 0.429. The number of sulfonamides is 1. The molecule has 2 aliphatic heterocycles. The SMILES string of the molecule is Cl.O=S1(=O)c2ccccc2CN1CCN1CCCN(c2cccc(C(F)(F)F)c2)CC1. The lowest BCUT2D eigenvalue weighted by atomic mass is 10.1. The zero-order valence-electron chi connectivity index (χ0n) is 16.9. The third kappa shape index (κ3) is 5.16. The fourth-order valence-electron chi connectivity index (χ4n) is 4.08. The predicted octanol–water partition coefficient (Wildman–Crippen LogP) is 3.84. The van der Waals surface area contributed by atoms with E-state index in [-0.39, 0.29) is 12.4 Å². The summed E-state index contributed by atoms with van der Waals surface area (Å²) in [7, 11) is -3.44. The molecular weight excluding hydrogens is 451 g/mol. The van der Waals surface area contributed by atoms with Gasteiger partial charge in [-0.3, -0.25) is 0 Å². The molecule has 0 atom stereocenters. The zero-order chi connectivity index (χ0) is 21.4. The lowest BCUT2D eigenvalue weighted by Crippen LogP contribution is -2.37. The highest BCUT2D eigenvalue weighted by molar-refractivity contribution is 7.89. The Morgan fingerprint density at radius 1 is 0.903 bits per heavy atom. The molecule has 0 aromatic heterocycles. The Labute approximate surface area is 186 Å². The van der Waals surface area contributed by atoms with Crippen molar-refractivity contribution in [3.63, 3.8) is 0 Å². The molecule has 1 fully saturated rings. The molecule has 2 aromatic carbocycles. The largest absolute Gasteiger partial charge is 0.416 e. The van der Waals surface area contributed by atoms with Gasteiger partial charge >= 0.3 is 6.18 Å². The molecule has 0 unspecified atom stereocenters. The van der Waals surface area contributed by atoms with Gasteiger partial charge in [0, 0.05) is 45.0 Å². The van der Waals surface area contributed by atoms with Gasteiger partial charge in [-0.15, -0.1) is 12.4 Å². The van der Waals surface area contributed by atoms with Crippen molar-refractivity contribution in [2.45, 2.75) is 24.0 Å². The van der Waals surface area contributed by atoms with Crippen molar-refractivity contribution in [2.24, 2.45) is 0 Å². The molecule has 0 amide bonds. The molecule has 2 aliphatic rings. The maximum atomic E-state index is 13.0. The minimum atomic E-state index is -4.35. The monoisotopic (exact) mass is 475 g/mol. The van der Waals surface area contributed by atoms with E-state index in [1.807, 2.05) is 17.0 Å². The highest BCUT2D eigenvalue weighted by Gasteiger charge is 2.34. The minimum Gasteiger partial charge on any atom is -0.370 e. The maximum absolute atomic E-state index is 13.0. The van der Waals surface area contributed by atoms with E-state index in [2.05, 4.69) is 4.90 Å². The van der Waals surface area contributed by atoms with Crippen LogP contribution in [0.3, 0.4) is 0 Å². The lowest BCUT2D eigenvalue weighted by Gasteiger charge is -2.25.